The van der Waals surface area contributed by atoms with Gasteiger partial charge in [0.2, 0.25) is 0 Å². The Morgan fingerprint density at radius 1 is 1.27 bits per heavy atom. The first-order valence-electron chi connectivity index (χ1n) is 8.28. The van der Waals surface area contributed by atoms with E-state index in [4.69, 9.17) is 11.6 Å². The lowest BCUT2D eigenvalue weighted by Gasteiger charge is -2.30. The van der Waals surface area contributed by atoms with Crippen molar-refractivity contribution in [3.05, 3.63) is 27.6 Å². The van der Waals surface area contributed by atoms with Crippen LogP contribution in [0.15, 0.2) is 31.8 Å². The highest BCUT2D eigenvalue weighted by Crippen LogP contribution is 2.38. The lowest BCUT2D eigenvalue weighted by molar-refractivity contribution is -0.124. The van der Waals surface area contributed by atoms with Crippen LogP contribution in [0.4, 0.5) is 0 Å². The molecular formula is C16H20ClN3O3S3. The van der Waals surface area contributed by atoms with Crippen LogP contribution in [0.2, 0.25) is 4.34 Å². The second-order valence-corrected chi connectivity index (χ2v) is 11.0. The quantitative estimate of drug-likeness (QED) is 0.676. The molecule has 1 aliphatic heterocycles. The number of nitrogens with zero attached hydrogens (tertiary/aromatic N) is 3. The van der Waals surface area contributed by atoms with E-state index in [9.17, 15) is 13.2 Å². The number of carbonyl (C=O) groups excluding carboxylic acids is 1. The molecule has 1 aromatic heterocycles. The van der Waals surface area contributed by atoms with Gasteiger partial charge in [0.1, 0.15) is 4.21 Å². The molecule has 2 heterocycles. The summed E-state index contributed by atoms with van der Waals surface area (Å²) >= 11 is 7.94. The molecule has 0 radical (unpaired) electrons. The Morgan fingerprint density at radius 2 is 1.96 bits per heavy atom. The van der Waals surface area contributed by atoms with E-state index in [0.717, 1.165) is 55.2 Å². The number of thioether (sulfide) groups is 1. The van der Waals surface area contributed by atoms with Crippen LogP contribution in [0.5, 0.6) is 0 Å². The van der Waals surface area contributed by atoms with Crippen molar-refractivity contribution in [2.24, 2.45) is 4.40 Å². The van der Waals surface area contributed by atoms with Crippen LogP contribution in [0, 0.1) is 0 Å². The summed E-state index contributed by atoms with van der Waals surface area (Å²) < 4.78 is 29.8. The molecule has 3 rings (SSSR count). The van der Waals surface area contributed by atoms with Crippen molar-refractivity contribution in [1.29, 1.82) is 0 Å². The van der Waals surface area contributed by atoms with Crippen LogP contribution >= 0.6 is 34.7 Å². The number of sulfonamides is 1. The summed E-state index contributed by atoms with van der Waals surface area (Å²) in [4.78, 5) is 16.7. The second kappa shape index (κ2) is 7.92. The van der Waals surface area contributed by atoms with Gasteiger partial charge in [-0.3, -0.25) is 9.69 Å². The number of rotatable bonds is 4. The zero-order valence-electron chi connectivity index (χ0n) is 14.5. The van der Waals surface area contributed by atoms with Gasteiger partial charge in [0.25, 0.3) is 15.9 Å². The molecule has 2 aliphatic rings. The highest BCUT2D eigenvalue weighted by Gasteiger charge is 2.40. The van der Waals surface area contributed by atoms with Gasteiger partial charge in [-0.05, 0) is 36.7 Å². The summed E-state index contributed by atoms with van der Waals surface area (Å²) in [6.07, 6.45) is 6.65. The molecule has 2 fully saturated rings. The van der Waals surface area contributed by atoms with E-state index < -0.39 is 10.0 Å². The largest absolute Gasteiger partial charge is 0.382 e. The third-order valence-corrected chi connectivity index (χ3v) is 8.20. The molecule has 0 bridgehead atoms. The Kier molecular flexibility index (Phi) is 6.01. The standard InChI is InChI=1S/C16H20ClN3O3S3/c1-19(2)10-12-15(21)20(11-6-4-3-5-7-11)16(24-12)18-26(22,23)14-9-8-13(17)25-14/h8-11H,3-7H2,1-2H3/b12-10+,18-16-. The first-order chi connectivity index (χ1) is 12.3. The number of amidine groups is 1. The molecule has 1 saturated carbocycles. The van der Waals surface area contributed by atoms with Gasteiger partial charge in [-0.1, -0.05) is 30.9 Å². The third-order valence-electron chi connectivity index (χ3n) is 4.15. The molecule has 0 spiro atoms. The Morgan fingerprint density at radius 3 is 2.54 bits per heavy atom. The first kappa shape index (κ1) is 19.7. The number of carbonyl (C=O) groups is 1. The zero-order valence-corrected chi connectivity index (χ0v) is 17.7. The molecule has 10 heteroatoms. The van der Waals surface area contributed by atoms with Crippen molar-refractivity contribution in [2.45, 2.75) is 42.4 Å². The van der Waals surface area contributed by atoms with Gasteiger partial charge in [-0.25, -0.2) is 0 Å². The molecule has 0 N–H and O–H groups in total. The van der Waals surface area contributed by atoms with Crippen LogP contribution < -0.4 is 0 Å². The normalized spacial score (nSPS) is 22.6. The monoisotopic (exact) mass is 433 g/mol. The molecule has 6 nitrogen and oxygen atoms in total. The van der Waals surface area contributed by atoms with Crippen molar-refractivity contribution in [3.8, 4) is 0 Å². The van der Waals surface area contributed by atoms with E-state index in [1.165, 1.54) is 12.1 Å². The van der Waals surface area contributed by atoms with Crippen LogP contribution in [0.25, 0.3) is 0 Å². The van der Waals surface area contributed by atoms with E-state index in [0.29, 0.717) is 9.24 Å². The fraction of sp³-hybridized carbons (Fsp3) is 0.500. The van der Waals surface area contributed by atoms with E-state index >= 15 is 0 Å². The van der Waals surface area contributed by atoms with Crippen molar-refractivity contribution < 1.29 is 13.2 Å². The van der Waals surface area contributed by atoms with Crippen LogP contribution in [0.1, 0.15) is 32.1 Å². The maximum absolute atomic E-state index is 12.9. The fourth-order valence-corrected chi connectivity index (χ4v) is 6.78. The van der Waals surface area contributed by atoms with Crippen LogP contribution in [-0.4, -0.2) is 49.4 Å². The van der Waals surface area contributed by atoms with Crippen LogP contribution in [-0.2, 0) is 14.8 Å². The zero-order chi connectivity index (χ0) is 18.9. The summed E-state index contributed by atoms with van der Waals surface area (Å²) in [6, 6.07) is 2.97. The minimum Gasteiger partial charge on any atom is -0.382 e. The van der Waals surface area contributed by atoms with Crippen LogP contribution in [0.3, 0.4) is 0 Å². The van der Waals surface area contributed by atoms with E-state index in [1.54, 1.807) is 16.0 Å². The molecule has 26 heavy (non-hydrogen) atoms. The maximum atomic E-state index is 12.9. The molecule has 0 unspecified atom stereocenters. The molecule has 1 saturated heterocycles. The number of amides is 1. The number of halogens is 1. The predicted molar refractivity (Wildman–Crippen MR) is 107 cm³/mol. The summed E-state index contributed by atoms with van der Waals surface area (Å²) in [5.74, 6) is -0.172. The molecule has 0 aromatic carbocycles. The molecule has 0 atom stereocenters. The Hall–Kier alpha value is -1.03. The van der Waals surface area contributed by atoms with Crippen molar-refractivity contribution in [1.82, 2.24) is 9.80 Å². The SMILES string of the molecule is CN(C)/C=C1/S/C(=N\S(=O)(=O)c2ccc(Cl)s2)N(C2CCCCC2)C1=O. The fourth-order valence-electron chi connectivity index (χ4n) is 3.02. The molecule has 1 aliphatic carbocycles. The average molecular weight is 434 g/mol. The summed E-state index contributed by atoms with van der Waals surface area (Å²) in [6.45, 7) is 0. The first-order valence-corrected chi connectivity index (χ1v) is 11.7. The van der Waals surface area contributed by atoms with Gasteiger partial charge in [-0.2, -0.15) is 8.42 Å². The second-order valence-electron chi connectivity index (χ2n) is 6.43. The minimum absolute atomic E-state index is 0.00214. The van der Waals surface area contributed by atoms with E-state index in [1.807, 2.05) is 14.1 Å². The lowest BCUT2D eigenvalue weighted by atomic mass is 9.94. The Bertz CT molecular complexity index is 855. The number of hydrogen-bond acceptors (Lipinski definition) is 6. The number of hydrogen-bond donors (Lipinski definition) is 0. The molecule has 1 aromatic rings. The highest BCUT2D eigenvalue weighted by molar-refractivity contribution is 8.19. The van der Waals surface area contributed by atoms with Gasteiger partial charge >= 0.3 is 0 Å². The summed E-state index contributed by atoms with van der Waals surface area (Å²) in [7, 11) is -0.254. The topological polar surface area (TPSA) is 70.1 Å². The molecular weight excluding hydrogens is 414 g/mol. The Balaban J connectivity index is 1.99. The molecule has 1 amide bonds. The minimum atomic E-state index is -3.90. The predicted octanol–water partition coefficient (Wildman–Crippen LogP) is 3.76. The van der Waals surface area contributed by atoms with E-state index in [2.05, 4.69) is 4.40 Å². The molecule has 142 valence electrons. The van der Waals surface area contributed by atoms with Gasteiger partial charge in [-0.15, -0.1) is 15.7 Å². The van der Waals surface area contributed by atoms with Gasteiger partial charge < -0.3 is 4.90 Å². The van der Waals surface area contributed by atoms with Gasteiger partial charge in [0.15, 0.2) is 5.17 Å². The van der Waals surface area contributed by atoms with Crippen molar-refractivity contribution in [3.63, 3.8) is 0 Å². The smallest absolute Gasteiger partial charge is 0.294 e. The average Bonchev–Trinajstić information content (AvgIpc) is 3.12. The summed E-state index contributed by atoms with van der Waals surface area (Å²) in [5, 5.41) is 0.236. The van der Waals surface area contributed by atoms with Gasteiger partial charge in [0.05, 0.1) is 9.24 Å². The van der Waals surface area contributed by atoms with Gasteiger partial charge in [0, 0.05) is 26.3 Å². The van der Waals surface area contributed by atoms with Crippen molar-refractivity contribution in [2.75, 3.05) is 14.1 Å². The Labute approximate surface area is 167 Å². The highest BCUT2D eigenvalue weighted by atomic mass is 35.5. The lowest BCUT2D eigenvalue weighted by Crippen LogP contribution is -2.40. The maximum Gasteiger partial charge on any atom is 0.294 e. The number of thiophene rings is 1. The third kappa shape index (κ3) is 4.27. The summed E-state index contributed by atoms with van der Waals surface area (Å²) in [5.41, 5.74) is 0. The van der Waals surface area contributed by atoms with Crippen molar-refractivity contribution >= 4 is 55.8 Å². The van der Waals surface area contributed by atoms with E-state index in [-0.39, 0.29) is 21.3 Å².